The number of ketones is 1. The quantitative estimate of drug-likeness (QED) is 0.0986. The second-order valence-corrected chi connectivity index (χ2v) is 13.9. The summed E-state index contributed by atoms with van der Waals surface area (Å²) in [6, 6.07) is 9.09. The third kappa shape index (κ3) is 9.34. The molecule has 0 radical (unpaired) electrons. The number of aliphatic hydroxyl groups is 1. The van der Waals surface area contributed by atoms with Crippen molar-refractivity contribution < 1.29 is 9.90 Å². The van der Waals surface area contributed by atoms with Crippen molar-refractivity contribution in [1.29, 1.82) is 0 Å². The van der Waals surface area contributed by atoms with Crippen molar-refractivity contribution in [3.63, 3.8) is 0 Å². The van der Waals surface area contributed by atoms with Gasteiger partial charge in [0.1, 0.15) is 0 Å². The van der Waals surface area contributed by atoms with Crippen LogP contribution in [0.4, 0.5) is 0 Å². The smallest absolute Gasteiger partial charge is 0.227 e. The Morgan fingerprint density at radius 3 is 1.43 bits per heavy atom. The zero-order valence-electron chi connectivity index (χ0n) is 30.4. The minimum absolute atomic E-state index is 0.118. The topological polar surface area (TPSA) is 37.3 Å². The van der Waals surface area contributed by atoms with Crippen LogP contribution >= 0.6 is 0 Å². The van der Waals surface area contributed by atoms with Crippen molar-refractivity contribution in [3.05, 3.63) is 74.5 Å². The van der Waals surface area contributed by atoms with E-state index in [1.54, 1.807) is 6.08 Å². The average Bonchev–Trinajstić information content (AvgIpc) is 2.99. The zero-order chi connectivity index (χ0) is 33.0. The van der Waals surface area contributed by atoms with Crippen LogP contribution in [-0.4, -0.2) is 10.9 Å². The van der Waals surface area contributed by atoms with Gasteiger partial charge in [-0.1, -0.05) is 133 Å². The molecule has 0 fully saturated rings. The van der Waals surface area contributed by atoms with Crippen LogP contribution < -0.4 is 0 Å². The van der Waals surface area contributed by atoms with Crippen molar-refractivity contribution in [2.75, 3.05) is 0 Å². The Kier molecular flexibility index (Phi) is 16.0. The minimum atomic E-state index is -0.188. The Hall–Kier alpha value is -2.35. The van der Waals surface area contributed by atoms with Gasteiger partial charge in [0, 0.05) is 5.56 Å². The SMILES string of the molecule is CCCC(C)c1ccc(CC)cc1/C=C(\O)C(=O)c1c(C(C)CCC)c(C(C)CCC)cc(C(C)CCC)c1C(C)CCC. The van der Waals surface area contributed by atoms with Crippen LogP contribution in [-0.2, 0) is 6.42 Å². The van der Waals surface area contributed by atoms with E-state index >= 15 is 0 Å². The van der Waals surface area contributed by atoms with Crippen molar-refractivity contribution in [3.8, 4) is 0 Å². The van der Waals surface area contributed by atoms with Gasteiger partial charge >= 0.3 is 0 Å². The first kappa shape index (κ1) is 37.8. The van der Waals surface area contributed by atoms with Gasteiger partial charge in [0.05, 0.1) is 0 Å². The lowest BCUT2D eigenvalue weighted by Gasteiger charge is -2.31. The highest BCUT2D eigenvalue weighted by molar-refractivity contribution is 6.12. The van der Waals surface area contributed by atoms with Gasteiger partial charge in [-0.25, -0.2) is 0 Å². The van der Waals surface area contributed by atoms with Crippen LogP contribution in [0.15, 0.2) is 30.0 Å². The summed E-state index contributed by atoms with van der Waals surface area (Å²) in [7, 11) is 0. The van der Waals surface area contributed by atoms with E-state index in [4.69, 9.17) is 0 Å². The Labute approximate surface area is 272 Å². The molecule has 0 amide bonds. The molecule has 2 heteroatoms. The highest BCUT2D eigenvalue weighted by Crippen LogP contribution is 2.44. The lowest BCUT2D eigenvalue weighted by atomic mass is 9.72. The highest BCUT2D eigenvalue weighted by Gasteiger charge is 2.32. The van der Waals surface area contributed by atoms with E-state index in [9.17, 15) is 9.90 Å². The Morgan fingerprint density at radius 2 is 1.02 bits per heavy atom. The fourth-order valence-corrected chi connectivity index (χ4v) is 7.56. The summed E-state index contributed by atoms with van der Waals surface area (Å²) in [4.78, 5) is 14.9. The van der Waals surface area contributed by atoms with Crippen LogP contribution in [0.25, 0.3) is 6.08 Å². The number of benzene rings is 2. The number of Topliss-reactive ketones (excluding diaryl/α,β-unsaturated/α-hetero) is 1. The van der Waals surface area contributed by atoms with Crippen molar-refractivity contribution in [2.24, 2.45) is 0 Å². The number of rotatable bonds is 19. The largest absolute Gasteiger partial charge is 0.504 e. The molecule has 5 unspecified atom stereocenters. The number of hydrogen-bond donors (Lipinski definition) is 1. The lowest BCUT2D eigenvalue weighted by Crippen LogP contribution is -2.20. The monoisotopic (exact) mass is 603 g/mol. The summed E-state index contributed by atoms with van der Waals surface area (Å²) >= 11 is 0. The summed E-state index contributed by atoms with van der Waals surface area (Å²) in [5.74, 6) is 1.26. The molecule has 44 heavy (non-hydrogen) atoms. The van der Waals surface area contributed by atoms with E-state index in [0.29, 0.717) is 17.8 Å². The van der Waals surface area contributed by atoms with E-state index in [-0.39, 0.29) is 23.4 Å². The first-order chi connectivity index (χ1) is 21.0. The van der Waals surface area contributed by atoms with Gasteiger partial charge in [0.2, 0.25) is 5.78 Å². The Morgan fingerprint density at radius 1 is 0.614 bits per heavy atom. The first-order valence-corrected chi connectivity index (χ1v) is 18.3. The van der Waals surface area contributed by atoms with Crippen LogP contribution in [0, 0.1) is 0 Å². The van der Waals surface area contributed by atoms with Crippen molar-refractivity contribution in [1.82, 2.24) is 0 Å². The predicted octanol–water partition coefficient (Wildman–Crippen LogP) is 13.5. The summed E-state index contributed by atoms with van der Waals surface area (Å²) in [6.07, 6.45) is 13.5. The Balaban J connectivity index is 3.04. The van der Waals surface area contributed by atoms with E-state index in [2.05, 4.69) is 100 Å². The molecule has 0 heterocycles. The third-order valence-electron chi connectivity index (χ3n) is 9.97. The maximum atomic E-state index is 14.9. The molecule has 0 aliphatic carbocycles. The highest BCUT2D eigenvalue weighted by atomic mass is 16.3. The molecule has 0 aliphatic rings. The number of carbonyl (C=O) groups excluding carboxylic acids is 1. The number of hydrogen-bond acceptors (Lipinski definition) is 2. The molecular formula is C42H66O2. The van der Waals surface area contributed by atoms with Gasteiger partial charge in [-0.3, -0.25) is 4.79 Å². The number of aliphatic hydroxyl groups excluding tert-OH is 1. The fraction of sp³-hybridized carbons (Fsp3) is 0.643. The van der Waals surface area contributed by atoms with E-state index in [1.807, 2.05) is 0 Å². The number of allylic oxidation sites excluding steroid dienone is 1. The number of carbonyl (C=O) groups is 1. The first-order valence-electron chi connectivity index (χ1n) is 18.3. The molecular weight excluding hydrogens is 536 g/mol. The van der Waals surface area contributed by atoms with Gasteiger partial charge in [0.25, 0.3) is 0 Å². The summed E-state index contributed by atoms with van der Waals surface area (Å²) in [6.45, 7) is 24.9. The minimum Gasteiger partial charge on any atom is -0.504 e. The van der Waals surface area contributed by atoms with E-state index < -0.39 is 0 Å². The molecule has 2 aromatic rings. The molecule has 0 aromatic heterocycles. The molecule has 0 saturated carbocycles. The van der Waals surface area contributed by atoms with Crippen LogP contribution in [0.1, 0.15) is 219 Å². The second-order valence-electron chi connectivity index (χ2n) is 13.9. The summed E-state index contributed by atoms with van der Waals surface area (Å²) in [5.41, 5.74) is 9.30. The van der Waals surface area contributed by atoms with Crippen LogP contribution in [0.3, 0.4) is 0 Å². The van der Waals surface area contributed by atoms with Gasteiger partial charge in [-0.05, 0) is 113 Å². The maximum Gasteiger partial charge on any atom is 0.227 e. The molecule has 0 aliphatic heterocycles. The molecule has 1 N–H and O–H groups in total. The molecule has 2 aromatic carbocycles. The summed E-state index contributed by atoms with van der Waals surface area (Å²) < 4.78 is 0. The van der Waals surface area contributed by atoms with Gasteiger partial charge in [-0.2, -0.15) is 0 Å². The molecule has 246 valence electrons. The lowest BCUT2D eigenvalue weighted by molar-refractivity contribution is 0.0977. The van der Waals surface area contributed by atoms with Gasteiger partial charge in [-0.15, -0.1) is 0 Å². The third-order valence-corrected chi connectivity index (χ3v) is 9.97. The maximum absolute atomic E-state index is 14.9. The normalized spacial score (nSPS) is 15.6. The van der Waals surface area contributed by atoms with Crippen LogP contribution in [0.2, 0.25) is 0 Å². The Bertz CT molecular complexity index is 1170. The standard InChI is InChI=1S/C42H66O2/c1-12-18-28(7)35-24-23-33(17-6)25-34(35)26-38(43)42(44)41-39(31(10)21-15-4)36(29(8)19-13-2)27-37(30(9)20-14-3)40(41)32(11)22-16-5/h23-32,43H,12-22H2,1-11H3/b38-26-. The summed E-state index contributed by atoms with van der Waals surface area (Å²) in [5, 5.41) is 11.9. The number of aryl methyl sites for hydroxylation is 1. The van der Waals surface area contributed by atoms with Crippen molar-refractivity contribution in [2.45, 2.75) is 176 Å². The molecule has 2 rings (SSSR count). The van der Waals surface area contributed by atoms with E-state index in [0.717, 1.165) is 81.8 Å². The molecule has 0 saturated heterocycles. The molecule has 0 spiro atoms. The van der Waals surface area contributed by atoms with Gasteiger partial charge < -0.3 is 5.11 Å². The average molecular weight is 603 g/mol. The molecule has 2 nitrogen and oxygen atoms in total. The fourth-order valence-electron chi connectivity index (χ4n) is 7.56. The predicted molar refractivity (Wildman–Crippen MR) is 194 cm³/mol. The van der Waals surface area contributed by atoms with Crippen molar-refractivity contribution >= 4 is 11.9 Å². The van der Waals surface area contributed by atoms with Crippen LogP contribution in [0.5, 0.6) is 0 Å². The van der Waals surface area contributed by atoms with E-state index in [1.165, 1.54) is 33.4 Å². The van der Waals surface area contributed by atoms with Gasteiger partial charge in [0.15, 0.2) is 5.76 Å². The molecule has 0 bridgehead atoms. The zero-order valence-corrected chi connectivity index (χ0v) is 30.4. The second kappa shape index (κ2) is 18.6. The molecule has 5 atom stereocenters.